The lowest BCUT2D eigenvalue weighted by molar-refractivity contribution is -0.138. The third-order valence-electron chi connectivity index (χ3n) is 7.90. The van der Waals surface area contributed by atoms with Crippen LogP contribution in [-0.2, 0) is 21.3 Å². The number of alkyl halides is 3. The van der Waals surface area contributed by atoms with Gasteiger partial charge in [0.05, 0.1) is 23.0 Å². The summed E-state index contributed by atoms with van der Waals surface area (Å²) >= 11 is 0. The summed E-state index contributed by atoms with van der Waals surface area (Å²) in [5, 5.41) is 22.6. The molecule has 9 heteroatoms. The second-order valence-corrected chi connectivity index (χ2v) is 11.2. The van der Waals surface area contributed by atoms with E-state index in [1.165, 1.54) is 0 Å². The lowest BCUT2D eigenvalue weighted by atomic mass is 9.68. The van der Waals surface area contributed by atoms with Gasteiger partial charge in [-0.15, -0.1) is 0 Å². The number of ether oxygens (including phenoxy) is 2. The molecule has 2 aliphatic heterocycles. The van der Waals surface area contributed by atoms with E-state index in [-0.39, 0.29) is 11.5 Å². The van der Waals surface area contributed by atoms with Crippen LogP contribution >= 0.6 is 0 Å². The average Bonchev–Trinajstić information content (AvgIpc) is 3.10. The second-order valence-electron chi connectivity index (χ2n) is 11.2. The quantitative estimate of drug-likeness (QED) is 0.487. The van der Waals surface area contributed by atoms with Crippen LogP contribution in [0.1, 0.15) is 110 Å². The Balaban J connectivity index is 1.79. The van der Waals surface area contributed by atoms with E-state index in [1.54, 1.807) is 0 Å². The van der Waals surface area contributed by atoms with Gasteiger partial charge in [0.2, 0.25) is 0 Å². The van der Waals surface area contributed by atoms with Crippen LogP contribution in [0.15, 0.2) is 18.2 Å². The van der Waals surface area contributed by atoms with Crippen molar-refractivity contribution >= 4 is 0 Å². The summed E-state index contributed by atoms with van der Waals surface area (Å²) in [5.74, 6) is -1.17. The first kappa shape index (κ1) is 25.6. The Kier molecular flexibility index (Phi) is 6.02. The third kappa shape index (κ3) is 3.86. The molecule has 0 bridgehead atoms. The Bertz CT molecular complexity index is 1190. The molecule has 3 heterocycles. The van der Waals surface area contributed by atoms with Crippen molar-refractivity contribution in [3.8, 4) is 0 Å². The number of nitrogens with zero attached hydrogens (tertiary/aromatic N) is 1. The fourth-order valence-electron chi connectivity index (χ4n) is 6.02. The van der Waals surface area contributed by atoms with Gasteiger partial charge in [-0.05, 0) is 35.4 Å². The molecule has 36 heavy (non-hydrogen) atoms. The lowest BCUT2D eigenvalue weighted by Crippen LogP contribution is -2.38. The lowest BCUT2D eigenvalue weighted by Gasteiger charge is -2.42. The van der Waals surface area contributed by atoms with Gasteiger partial charge in [-0.25, -0.2) is 4.39 Å². The zero-order chi connectivity index (χ0) is 26.2. The standard InChI is InChI=1S/C27H31F4NO4/c1-13(2)21-19-20(18-17(33)12-25(3,4)24(34)22(18)32-21)26(7-9-35-10-8-26)36-23(19)15-6-5-14(11-16(15)28)27(29,30)31/h5-6,11,13,17,23-24,33-34H,7-10,12H2,1-4H3. The number of benzene rings is 1. The minimum Gasteiger partial charge on any atom is -0.388 e. The minimum absolute atomic E-state index is 0.0116. The number of fused-ring (bicyclic) bond motifs is 4. The molecule has 3 aliphatic rings. The number of rotatable bonds is 2. The number of aliphatic hydroxyl groups excluding tert-OH is 2. The van der Waals surface area contributed by atoms with Crippen LogP contribution in [0.4, 0.5) is 17.6 Å². The Morgan fingerprint density at radius 1 is 1.08 bits per heavy atom. The molecule has 1 aliphatic carbocycles. The smallest absolute Gasteiger partial charge is 0.388 e. The van der Waals surface area contributed by atoms with E-state index >= 15 is 4.39 Å². The van der Waals surface area contributed by atoms with E-state index in [2.05, 4.69) is 0 Å². The molecule has 1 aromatic heterocycles. The van der Waals surface area contributed by atoms with Crippen molar-refractivity contribution in [2.75, 3.05) is 13.2 Å². The number of pyridine rings is 1. The molecule has 5 nitrogen and oxygen atoms in total. The molecule has 1 saturated heterocycles. The van der Waals surface area contributed by atoms with Gasteiger partial charge in [0.15, 0.2) is 0 Å². The van der Waals surface area contributed by atoms with Gasteiger partial charge in [0.1, 0.15) is 18.0 Å². The van der Waals surface area contributed by atoms with Crippen LogP contribution in [0.3, 0.4) is 0 Å². The first-order valence-electron chi connectivity index (χ1n) is 12.3. The molecular formula is C27H31F4NO4. The summed E-state index contributed by atoms with van der Waals surface area (Å²) in [7, 11) is 0. The predicted molar refractivity (Wildman–Crippen MR) is 123 cm³/mol. The van der Waals surface area contributed by atoms with E-state index < -0.39 is 46.9 Å². The number of hydrogen-bond acceptors (Lipinski definition) is 5. The van der Waals surface area contributed by atoms with Gasteiger partial charge < -0.3 is 19.7 Å². The van der Waals surface area contributed by atoms with Crippen LogP contribution in [-0.4, -0.2) is 28.4 Å². The highest BCUT2D eigenvalue weighted by molar-refractivity contribution is 5.55. The maximum absolute atomic E-state index is 15.3. The summed E-state index contributed by atoms with van der Waals surface area (Å²) in [6, 6.07) is 2.48. The van der Waals surface area contributed by atoms with E-state index in [0.717, 1.165) is 12.1 Å². The molecule has 1 fully saturated rings. The molecule has 196 valence electrons. The maximum atomic E-state index is 15.3. The van der Waals surface area contributed by atoms with Gasteiger partial charge >= 0.3 is 6.18 Å². The average molecular weight is 510 g/mol. The molecule has 1 spiro atoms. The topological polar surface area (TPSA) is 71.8 Å². The first-order valence-corrected chi connectivity index (χ1v) is 12.3. The van der Waals surface area contributed by atoms with E-state index in [0.29, 0.717) is 66.6 Å². The highest BCUT2D eigenvalue weighted by Gasteiger charge is 2.54. The SMILES string of the molecule is CC(C)c1nc2c(c3c1C(c1ccc(C(F)(F)F)cc1F)OC31CCOCC1)C(O)CC(C)(C)C2O. The molecule has 2 N–H and O–H groups in total. The predicted octanol–water partition coefficient (Wildman–Crippen LogP) is 5.98. The molecule has 0 saturated carbocycles. The van der Waals surface area contributed by atoms with Crippen molar-refractivity contribution in [2.24, 2.45) is 5.41 Å². The largest absolute Gasteiger partial charge is 0.416 e. The zero-order valence-electron chi connectivity index (χ0n) is 20.7. The van der Waals surface area contributed by atoms with Crippen molar-refractivity contribution < 1.29 is 37.2 Å². The van der Waals surface area contributed by atoms with Gasteiger partial charge in [-0.1, -0.05) is 33.8 Å². The van der Waals surface area contributed by atoms with Crippen molar-refractivity contribution in [2.45, 2.75) is 83.0 Å². The molecule has 1 aromatic carbocycles. The highest BCUT2D eigenvalue weighted by Crippen LogP contribution is 2.59. The number of aromatic nitrogens is 1. The third-order valence-corrected chi connectivity index (χ3v) is 7.90. The van der Waals surface area contributed by atoms with E-state index in [4.69, 9.17) is 14.5 Å². The van der Waals surface area contributed by atoms with Crippen LogP contribution in [0.2, 0.25) is 0 Å². The number of aliphatic hydroxyl groups is 2. The Morgan fingerprint density at radius 2 is 1.75 bits per heavy atom. The van der Waals surface area contributed by atoms with Crippen molar-refractivity contribution in [1.82, 2.24) is 4.98 Å². The number of halogens is 4. The van der Waals surface area contributed by atoms with Gasteiger partial charge in [0, 0.05) is 48.4 Å². The van der Waals surface area contributed by atoms with E-state index in [1.807, 2.05) is 27.7 Å². The Hall–Kier alpha value is -2.07. The van der Waals surface area contributed by atoms with Crippen molar-refractivity contribution in [1.29, 1.82) is 0 Å². The molecule has 3 unspecified atom stereocenters. The van der Waals surface area contributed by atoms with Gasteiger partial charge in [0.25, 0.3) is 0 Å². The fraction of sp³-hybridized carbons (Fsp3) is 0.593. The number of hydrogen-bond donors (Lipinski definition) is 2. The maximum Gasteiger partial charge on any atom is 0.416 e. The first-order chi connectivity index (χ1) is 16.8. The molecule has 3 atom stereocenters. The van der Waals surface area contributed by atoms with Crippen LogP contribution in [0, 0.1) is 11.2 Å². The van der Waals surface area contributed by atoms with Crippen LogP contribution in [0.5, 0.6) is 0 Å². The second kappa shape index (κ2) is 8.48. The summed E-state index contributed by atoms with van der Waals surface area (Å²) in [4.78, 5) is 4.83. The van der Waals surface area contributed by atoms with Crippen LogP contribution < -0.4 is 0 Å². The summed E-state index contributed by atoms with van der Waals surface area (Å²) < 4.78 is 67.2. The summed E-state index contributed by atoms with van der Waals surface area (Å²) in [5.41, 5.74) is 0.0947. The van der Waals surface area contributed by atoms with E-state index in [9.17, 15) is 23.4 Å². The molecule has 0 amide bonds. The highest BCUT2D eigenvalue weighted by atomic mass is 19.4. The molecule has 0 radical (unpaired) electrons. The molecule has 2 aromatic rings. The molecule has 5 rings (SSSR count). The fourth-order valence-corrected chi connectivity index (χ4v) is 6.02. The van der Waals surface area contributed by atoms with Crippen molar-refractivity contribution in [3.63, 3.8) is 0 Å². The Morgan fingerprint density at radius 3 is 2.33 bits per heavy atom. The van der Waals surface area contributed by atoms with Crippen LogP contribution in [0.25, 0.3) is 0 Å². The zero-order valence-corrected chi connectivity index (χ0v) is 20.7. The summed E-state index contributed by atoms with van der Waals surface area (Å²) in [6.45, 7) is 8.32. The normalized spacial score (nSPS) is 26.8. The van der Waals surface area contributed by atoms with Gasteiger partial charge in [-0.2, -0.15) is 13.2 Å². The summed E-state index contributed by atoms with van der Waals surface area (Å²) in [6.07, 6.45) is -6.39. The molecular weight excluding hydrogens is 478 g/mol. The van der Waals surface area contributed by atoms with Gasteiger partial charge in [-0.3, -0.25) is 4.98 Å². The Labute approximate surface area is 207 Å². The van der Waals surface area contributed by atoms with Crippen molar-refractivity contribution in [3.05, 3.63) is 63.2 Å². The monoisotopic (exact) mass is 509 g/mol. The minimum atomic E-state index is -4.67.